The summed E-state index contributed by atoms with van der Waals surface area (Å²) in [4.78, 5) is 28.8. The minimum absolute atomic E-state index is 0.119. The fraction of sp³-hybridized carbons (Fsp3) is 0.409. The molecule has 4 aromatic heterocycles. The second-order valence-corrected chi connectivity index (χ2v) is 9.68. The normalized spacial score (nSPS) is 13.6. The molecule has 0 amide bonds. The van der Waals surface area contributed by atoms with Crippen LogP contribution in [0.15, 0.2) is 39.0 Å². The third kappa shape index (κ3) is 4.04. The molecule has 4 heterocycles. The van der Waals surface area contributed by atoms with E-state index < -0.39 is 0 Å². The first kappa shape index (κ1) is 20.4. The van der Waals surface area contributed by atoms with Gasteiger partial charge in [-0.25, -0.2) is 4.98 Å². The van der Waals surface area contributed by atoms with Crippen molar-refractivity contribution >= 4 is 33.3 Å². The highest BCUT2D eigenvalue weighted by Gasteiger charge is 2.21. The van der Waals surface area contributed by atoms with Gasteiger partial charge in [0.25, 0.3) is 5.56 Å². The largest absolute Gasteiger partial charge is 0.339 e. The average Bonchev–Trinajstić information content (AvgIpc) is 3.42. The maximum atomic E-state index is 13.2. The summed E-state index contributed by atoms with van der Waals surface area (Å²) in [6.45, 7) is 2.64. The second kappa shape index (κ2) is 8.92. The van der Waals surface area contributed by atoms with Crippen molar-refractivity contribution in [2.45, 2.75) is 57.1 Å². The molecule has 0 radical (unpaired) electrons. The zero-order valence-corrected chi connectivity index (χ0v) is 19.0. The lowest BCUT2D eigenvalue weighted by molar-refractivity contribution is 0.378. The van der Waals surface area contributed by atoms with Gasteiger partial charge in [0.15, 0.2) is 5.16 Å². The quantitative estimate of drug-likeness (QED) is 0.231. The first-order chi connectivity index (χ1) is 15.2. The third-order valence-corrected chi connectivity index (χ3v) is 7.78. The van der Waals surface area contributed by atoms with Crippen LogP contribution in [0.25, 0.3) is 21.6 Å². The molecule has 0 bridgehead atoms. The average molecular weight is 454 g/mol. The molecule has 9 heteroatoms. The summed E-state index contributed by atoms with van der Waals surface area (Å²) in [6, 6.07) is 3.72. The van der Waals surface area contributed by atoms with Gasteiger partial charge >= 0.3 is 0 Å². The van der Waals surface area contributed by atoms with E-state index in [1.165, 1.54) is 23.3 Å². The van der Waals surface area contributed by atoms with Crippen LogP contribution in [0, 0.1) is 0 Å². The number of rotatable bonds is 7. The summed E-state index contributed by atoms with van der Waals surface area (Å²) in [5, 5.41) is 5.72. The molecular weight excluding hydrogens is 430 g/mol. The lowest BCUT2D eigenvalue weighted by Crippen LogP contribution is -2.23. The molecule has 0 atom stereocenters. The van der Waals surface area contributed by atoms with Crippen molar-refractivity contribution in [3.05, 3.63) is 51.2 Å². The van der Waals surface area contributed by atoms with Gasteiger partial charge < -0.3 is 4.52 Å². The molecule has 1 aliphatic carbocycles. The van der Waals surface area contributed by atoms with Gasteiger partial charge in [-0.1, -0.05) is 16.9 Å². The Morgan fingerprint density at radius 1 is 1.19 bits per heavy atom. The van der Waals surface area contributed by atoms with Gasteiger partial charge in [0.2, 0.25) is 11.7 Å². The number of nitrogens with zero attached hydrogens (tertiary/aromatic N) is 5. The van der Waals surface area contributed by atoms with Crippen molar-refractivity contribution < 1.29 is 4.52 Å². The van der Waals surface area contributed by atoms with Crippen molar-refractivity contribution in [3.63, 3.8) is 0 Å². The van der Waals surface area contributed by atoms with Crippen LogP contribution in [-0.4, -0.2) is 30.4 Å². The van der Waals surface area contributed by atoms with E-state index in [1.807, 2.05) is 23.6 Å². The minimum Gasteiger partial charge on any atom is -0.339 e. The van der Waals surface area contributed by atoms with Crippen molar-refractivity contribution in [2.24, 2.45) is 0 Å². The lowest BCUT2D eigenvalue weighted by atomic mass is 9.97. The Morgan fingerprint density at radius 2 is 2.03 bits per heavy atom. The van der Waals surface area contributed by atoms with E-state index in [0.717, 1.165) is 46.0 Å². The van der Waals surface area contributed by atoms with Gasteiger partial charge in [0.05, 0.1) is 5.39 Å². The number of fused-ring (bicyclic) bond motifs is 3. The molecule has 0 unspecified atom stereocenters. The summed E-state index contributed by atoms with van der Waals surface area (Å²) in [5.41, 5.74) is 2.26. The molecule has 1 aliphatic rings. The van der Waals surface area contributed by atoms with Crippen LogP contribution in [0.1, 0.15) is 42.5 Å². The Morgan fingerprint density at radius 3 is 2.87 bits per heavy atom. The maximum Gasteiger partial charge on any atom is 0.263 e. The van der Waals surface area contributed by atoms with Gasteiger partial charge in [-0.05, 0) is 56.7 Å². The highest BCUT2D eigenvalue weighted by atomic mass is 32.2. The van der Waals surface area contributed by atoms with Crippen molar-refractivity contribution in [3.8, 4) is 11.4 Å². The number of thioether (sulfide) groups is 1. The molecule has 4 aromatic rings. The van der Waals surface area contributed by atoms with E-state index in [-0.39, 0.29) is 5.56 Å². The Labute approximate surface area is 187 Å². The maximum absolute atomic E-state index is 13.2. The highest BCUT2D eigenvalue weighted by Crippen LogP contribution is 2.34. The number of aryl methyl sites for hydroxylation is 3. The molecule has 7 nitrogen and oxygen atoms in total. The molecule has 0 N–H and O–H groups in total. The first-order valence-electron chi connectivity index (χ1n) is 10.7. The topological polar surface area (TPSA) is 86.7 Å². The number of hydrogen-bond acceptors (Lipinski definition) is 8. The zero-order valence-electron chi connectivity index (χ0n) is 17.3. The Kier molecular flexibility index (Phi) is 5.87. The van der Waals surface area contributed by atoms with Gasteiger partial charge in [-0.2, -0.15) is 4.98 Å². The van der Waals surface area contributed by atoms with E-state index >= 15 is 0 Å². The van der Waals surface area contributed by atoms with Gasteiger partial charge in [0.1, 0.15) is 4.83 Å². The molecule has 0 saturated carbocycles. The predicted octanol–water partition coefficient (Wildman–Crippen LogP) is 4.53. The second-order valence-electron chi connectivity index (χ2n) is 7.53. The number of aromatic nitrogens is 5. The summed E-state index contributed by atoms with van der Waals surface area (Å²) < 4.78 is 7.20. The smallest absolute Gasteiger partial charge is 0.263 e. The molecule has 0 aromatic carbocycles. The summed E-state index contributed by atoms with van der Waals surface area (Å²) in [6.07, 6.45) is 9.44. The van der Waals surface area contributed by atoms with Gasteiger partial charge in [-0.3, -0.25) is 14.3 Å². The first-order valence-corrected chi connectivity index (χ1v) is 12.5. The Balaban J connectivity index is 1.28. The van der Waals surface area contributed by atoms with Crippen LogP contribution in [-0.2, 0) is 25.8 Å². The molecular formula is C22H23N5O2S2. The van der Waals surface area contributed by atoms with Gasteiger partial charge in [0, 0.05) is 41.6 Å². The molecule has 0 spiro atoms. The third-order valence-electron chi connectivity index (χ3n) is 5.53. The van der Waals surface area contributed by atoms with Crippen LogP contribution in [0.2, 0.25) is 0 Å². The minimum atomic E-state index is 0.119. The fourth-order valence-corrected chi connectivity index (χ4v) is 6.27. The van der Waals surface area contributed by atoms with Crippen molar-refractivity contribution in [1.82, 2.24) is 24.7 Å². The molecule has 31 heavy (non-hydrogen) atoms. The molecule has 5 rings (SSSR count). The summed E-state index contributed by atoms with van der Waals surface area (Å²) in [5.74, 6) is 2.03. The van der Waals surface area contributed by atoms with Crippen LogP contribution in [0.5, 0.6) is 0 Å². The summed E-state index contributed by atoms with van der Waals surface area (Å²) >= 11 is 3.34. The van der Waals surface area contributed by atoms with Crippen LogP contribution < -0.4 is 5.56 Å². The standard InChI is InChI=1S/C22H23N5O2S2/c1-2-27-21(28)18-15-6-3-4-7-16(15)31-20(18)25-22(27)30-13-5-8-17-24-19(26-29-17)14-9-11-23-12-10-14/h9-12H,2-8,13H2,1H3. The monoisotopic (exact) mass is 453 g/mol. The predicted molar refractivity (Wildman–Crippen MR) is 123 cm³/mol. The van der Waals surface area contributed by atoms with Crippen LogP contribution >= 0.6 is 23.1 Å². The van der Waals surface area contributed by atoms with E-state index in [9.17, 15) is 4.79 Å². The van der Waals surface area contributed by atoms with E-state index in [4.69, 9.17) is 9.51 Å². The van der Waals surface area contributed by atoms with Crippen LogP contribution in [0.4, 0.5) is 0 Å². The lowest BCUT2D eigenvalue weighted by Gasteiger charge is -2.12. The van der Waals surface area contributed by atoms with Crippen molar-refractivity contribution in [2.75, 3.05) is 5.75 Å². The number of hydrogen-bond donors (Lipinski definition) is 0. The van der Waals surface area contributed by atoms with Crippen LogP contribution in [0.3, 0.4) is 0 Å². The molecule has 160 valence electrons. The fourth-order valence-electron chi connectivity index (χ4n) is 3.97. The van der Waals surface area contributed by atoms with Gasteiger partial charge in [-0.15, -0.1) is 11.3 Å². The number of thiophene rings is 1. The van der Waals surface area contributed by atoms with E-state index in [2.05, 4.69) is 15.1 Å². The zero-order chi connectivity index (χ0) is 21.2. The molecule has 0 aliphatic heterocycles. The number of pyridine rings is 1. The Hall–Kier alpha value is -2.52. The Bertz CT molecular complexity index is 1260. The molecule has 0 saturated heterocycles. The SMILES string of the molecule is CCn1c(SCCCc2nc(-c3ccncc3)no2)nc2sc3c(c2c1=O)CCCC3. The van der Waals surface area contributed by atoms with Crippen molar-refractivity contribution in [1.29, 1.82) is 0 Å². The summed E-state index contributed by atoms with van der Waals surface area (Å²) in [7, 11) is 0. The van der Waals surface area contributed by atoms with E-state index in [0.29, 0.717) is 24.7 Å². The molecule has 0 fully saturated rings. The van der Waals surface area contributed by atoms with E-state index in [1.54, 1.807) is 35.5 Å². The highest BCUT2D eigenvalue weighted by molar-refractivity contribution is 7.99.